The van der Waals surface area contributed by atoms with E-state index >= 15 is 0 Å². The topological polar surface area (TPSA) is 82.7 Å². The Morgan fingerprint density at radius 1 is 1.12 bits per heavy atom. The van der Waals surface area contributed by atoms with Crippen molar-refractivity contribution in [3.05, 3.63) is 60.4 Å². The van der Waals surface area contributed by atoms with Gasteiger partial charge in [0.15, 0.2) is 0 Å². The third-order valence-electron chi connectivity index (χ3n) is 5.95. The molecule has 2 N–H and O–H groups in total. The van der Waals surface area contributed by atoms with E-state index in [0.29, 0.717) is 24.5 Å². The van der Waals surface area contributed by atoms with Crippen LogP contribution in [-0.4, -0.2) is 66.4 Å². The fraction of sp³-hybridized carbons (Fsp3) is 0.360. The summed E-state index contributed by atoms with van der Waals surface area (Å²) in [6.07, 6.45) is 6.02. The Balaban J connectivity index is 1.50. The smallest absolute Gasteiger partial charge is 0.322 e. The molecule has 0 radical (unpaired) electrons. The van der Waals surface area contributed by atoms with E-state index in [0.717, 1.165) is 42.1 Å². The number of carbonyl (C=O) groups excluding carboxylic acids is 1. The molecule has 1 saturated heterocycles. The number of nitrogens with one attached hydrogen (secondary N) is 2. The molecule has 0 saturated carbocycles. The maximum Gasteiger partial charge on any atom is 0.322 e. The lowest BCUT2D eigenvalue weighted by Gasteiger charge is -2.26. The molecule has 2 aromatic carbocycles. The molecule has 4 rings (SSSR count). The average Bonchev–Trinajstić information content (AvgIpc) is 3.56. The second-order valence-corrected chi connectivity index (χ2v) is 8.15. The lowest BCUT2D eigenvalue weighted by Crippen LogP contribution is -2.40. The van der Waals surface area contributed by atoms with E-state index in [1.807, 2.05) is 53.6 Å². The van der Waals surface area contributed by atoms with Crippen LogP contribution in [0.15, 0.2) is 54.9 Å². The van der Waals surface area contributed by atoms with Gasteiger partial charge in [-0.15, -0.1) is 0 Å². The van der Waals surface area contributed by atoms with Crippen LogP contribution in [0.25, 0.3) is 11.1 Å². The lowest BCUT2D eigenvalue weighted by atomic mass is 10.1. The van der Waals surface area contributed by atoms with Gasteiger partial charge in [0.1, 0.15) is 11.5 Å². The van der Waals surface area contributed by atoms with Crippen LogP contribution in [0.3, 0.4) is 0 Å². The number of hydrogen-bond donors (Lipinski definition) is 2. The average molecular weight is 450 g/mol. The van der Waals surface area contributed by atoms with Crippen molar-refractivity contribution in [2.24, 2.45) is 0 Å². The molecular weight excluding hydrogens is 418 g/mol. The quantitative estimate of drug-likeness (QED) is 0.511. The van der Waals surface area contributed by atoms with Crippen molar-refractivity contribution in [2.75, 3.05) is 45.7 Å². The Morgan fingerprint density at radius 3 is 2.70 bits per heavy atom. The van der Waals surface area contributed by atoms with Crippen molar-refractivity contribution in [1.82, 2.24) is 20.0 Å². The maximum absolute atomic E-state index is 13.4. The normalized spacial score (nSPS) is 13.6. The van der Waals surface area contributed by atoms with Crippen LogP contribution in [0, 0.1) is 0 Å². The van der Waals surface area contributed by atoms with Gasteiger partial charge in [-0.3, -0.25) is 5.10 Å². The first kappa shape index (κ1) is 22.7. The number of carbonyl (C=O) groups is 1. The number of nitrogens with zero attached hydrogens (tertiary/aromatic N) is 3. The number of aromatic nitrogens is 2. The van der Waals surface area contributed by atoms with Crippen LogP contribution in [0.4, 0.5) is 10.5 Å². The van der Waals surface area contributed by atoms with Gasteiger partial charge in [0.05, 0.1) is 26.1 Å². The lowest BCUT2D eigenvalue weighted by molar-refractivity contribution is 0.197. The zero-order chi connectivity index (χ0) is 23.0. The van der Waals surface area contributed by atoms with Gasteiger partial charge in [-0.05, 0) is 61.3 Å². The number of ether oxygens (including phenoxy) is 2. The number of amides is 2. The highest BCUT2D eigenvalue weighted by molar-refractivity contribution is 5.91. The molecule has 0 aliphatic carbocycles. The van der Waals surface area contributed by atoms with E-state index < -0.39 is 0 Å². The second-order valence-electron chi connectivity index (χ2n) is 8.15. The molecule has 8 heteroatoms. The molecule has 3 aromatic rings. The molecule has 0 unspecified atom stereocenters. The van der Waals surface area contributed by atoms with Gasteiger partial charge >= 0.3 is 6.03 Å². The molecule has 33 heavy (non-hydrogen) atoms. The molecule has 0 bridgehead atoms. The minimum Gasteiger partial charge on any atom is -0.497 e. The predicted molar refractivity (Wildman–Crippen MR) is 129 cm³/mol. The summed E-state index contributed by atoms with van der Waals surface area (Å²) in [4.78, 5) is 17.6. The predicted octanol–water partition coefficient (Wildman–Crippen LogP) is 4.22. The summed E-state index contributed by atoms with van der Waals surface area (Å²) < 4.78 is 10.9. The molecular formula is C25H31N5O3. The van der Waals surface area contributed by atoms with Crippen molar-refractivity contribution in [2.45, 2.75) is 19.4 Å². The summed E-state index contributed by atoms with van der Waals surface area (Å²) in [6, 6.07) is 13.4. The van der Waals surface area contributed by atoms with Crippen LogP contribution in [0.2, 0.25) is 0 Å². The molecule has 2 amide bonds. The fourth-order valence-corrected chi connectivity index (χ4v) is 4.09. The summed E-state index contributed by atoms with van der Waals surface area (Å²) in [5, 5.41) is 9.86. The van der Waals surface area contributed by atoms with Gasteiger partial charge in [-0.2, -0.15) is 5.10 Å². The number of aromatic amines is 1. The van der Waals surface area contributed by atoms with E-state index in [-0.39, 0.29) is 6.03 Å². The zero-order valence-corrected chi connectivity index (χ0v) is 19.2. The molecule has 1 aliphatic rings. The number of methoxy groups -OCH3 is 2. The highest BCUT2D eigenvalue weighted by Gasteiger charge is 2.19. The van der Waals surface area contributed by atoms with Crippen LogP contribution < -0.4 is 14.8 Å². The zero-order valence-electron chi connectivity index (χ0n) is 19.2. The summed E-state index contributed by atoms with van der Waals surface area (Å²) in [6.45, 7) is 4.18. The van der Waals surface area contributed by atoms with Crippen molar-refractivity contribution < 1.29 is 14.3 Å². The summed E-state index contributed by atoms with van der Waals surface area (Å²) >= 11 is 0. The van der Waals surface area contributed by atoms with E-state index in [9.17, 15) is 4.79 Å². The number of benzene rings is 2. The van der Waals surface area contributed by atoms with E-state index in [4.69, 9.17) is 9.47 Å². The van der Waals surface area contributed by atoms with Gasteiger partial charge in [0, 0.05) is 31.4 Å². The Bertz CT molecular complexity index is 1050. The molecule has 8 nitrogen and oxygen atoms in total. The number of hydrogen-bond acceptors (Lipinski definition) is 5. The van der Waals surface area contributed by atoms with Crippen molar-refractivity contribution in [3.63, 3.8) is 0 Å². The largest absolute Gasteiger partial charge is 0.497 e. The Labute approximate surface area is 194 Å². The highest BCUT2D eigenvalue weighted by Crippen LogP contribution is 2.30. The monoisotopic (exact) mass is 449 g/mol. The third-order valence-corrected chi connectivity index (χ3v) is 5.95. The van der Waals surface area contributed by atoms with Crippen molar-refractivity contribution >= 4 is 11.7 Å². The Hall–Kier alpha value is -3.52. The standard InChI is InChI=1S/C25H31N5O3/c1-32-22-7-5-6-19(14-22)18-30(13-12-29-10-3-4-11-29)25(31)28-23-9-8-20(15-24(23)33-2)21-16-26-27-17-21/h5-9,14-17H,3-4,10-13,18H2,1-2H3,(H,26,27)(H,28,31). The van der Waals surface area contributed by atoms with Crippen LogP contribution in [0.1, 0.15) is 18.4 Å². The second kappa shape index (κ2) is 10.9. The van der Waals surface area contributed by atoms with E-state index in [1.54, 1.807) is 20.4 Å². The highest BCUT2D eigenvalue weighted by atomic mass is 16.5. The van der Waals surface area contributed by atoms with Gasteiger partial charge in [0.2, 0.25) is 0 Å². The van der Waals surface area contributed by atoms with Crippen LogP contribution in [-0.2, 0) is 6.54 Å². The Kier molecular flexibility index (Phi) is 7.47. The molecule has 0 atom stereocenters. The maximum atomic E-state index is 13.4. The SMILES string of the molecule is COc1cccc(CN(CCN2CCCC2)C(=O)Nc2ccc(-c3cn[nH]c3)cc2OC)c1. The van der Waals surface area contributed by atoms with Gasteiger partial charge in [-0.25, -0.2) is 4.79 Å². The first-order valence-electron chi connectivity index (χ1n) is 11.2. The van der Waals surface area contributed by atoms with Crippen molar-refractivity contribution in [1.29, 1.82) is 0 Å². The van der Waals surface area contributed by atoms with Crippen molar-refractivity contribution in [3.8, 4) is 22.6 Å². The number of H-pyrrole nitrogens is 1. The summed E-state index contributed by atoms with van der Waals surface area (Å²) in [5.74, 6) is 1.38. The minimum absolute atomic E-state index is 0.161. The van der Waals surface area contributed by atoms with Gasteiger partial charge < -0.3 is 24.6 Å². The molecule has 174 valence electrons. The number of urea groups is 1. The molecule has 1 fully saturated rings. The molecule has 2 heterocycles. The summed E-state index contributed by atoms with van der Waals surface area (Å²) in [7, 11) is 3.25. The molecule has 1 aliphatic heterocycles. The molecule has 0 spiro atoms. The number of rotatable bonds is 9. The van der Waals surface area contributed by atoms with Crippen LogP contribution in [0.5, 0.6) is 11.5 Å². The minimum atomic E-state index is -0.161. The number of likely N-dealkylation sites (tertiary alicyclic amines) is 1. The van der Waals surface area contributed by atoms with E-state index in [2.05, 4.69) is 20.4 Å². The summed E-state index contributed by atoms with van der Waals surface area (Å²) in [5.41, 5.74) is 3.57. The Morgan fingerprint density at radius 2 is 1.97 bits per heavy atom. The first-order chi connectivity index (χ1) is 16.2. The first-order valence-corrected chi connectivity index (χ1v) is 11.2. The fourth-order valence-electron chi connectivity index (χ4n) is 4.09. The van der Waals surface area contributed by atoms with E-state index in [1.165, 1.54) is 12.8 Å². The number of anilines is 1. The molecule has 1 aromatic heterocycles. The van der Waals surface area contributed by atoms with Gasteiger partial charge in [0.25, 0.3) is 0 Å². The third kappa shape index (κ3) is 5.84. The van der Waals surface area contributed by atoms with Gasteiger partial charge in [-0.1, -0.05) is 18.2 Å². The van der Waals surface area contributed by atoms with Crippen LogP contribution >= 0.6 is 0 Å².